The van der Waals surface area contributed by atoms with Crippen LogP contribution in [0.5, 0.6) is 0 Å². The molecule has 0 spiro atoms. The number of nitrogens with zero attached hydrogens (tertiary/aromatic N) is 3. The number of aryl methyl sites for hydroxylation is 1. The molecule has 0 aliphatic rings. The Morgan fingerprint density at radius 1 is 1.50 bits per heavy atom. The molecule has 16 heavy (non-hydrogen) atoms. The van der Waals surface area contributed by atoms with Gasteiger partial charge in [0, 0.05) is 12.7 Å². The molecule has 0 saturated heterocycles. The molecular formula is C12H21N3O. The molecule has 0 bridgehead atoms. The van der Waals surface area contributed by atoms with Crippen LogP contribution in [0.15, 0.2) is 12.3 Å². The van der Waals surface area contributed by atoms with Crippen LogP contribution in [0.4, 0.5) is 0 Å². The van der Waals surface area contributed by atoms with Crippen molar-refractivity contribution in [1.29, 1.82) is 0 Å². The van der Waals surface area contributed by atoms with E-state index < -0.39 is 5.54 Å². The summed E-state index contributed by atoms with van der Waals surface area (Å²) >= 11 is 0. The van der Waals surface area contributed by atoms with E-state index >= 15 is 0 Å². The third kappa shape index (κ3) is 2.02. The number of Topliss-reactive ketones (excluding diaryl/α,β-unsaturated/α-hetero) is 1. The Kier molecular flexibility index (Phi) is 3.86. The van der Waals surface area contributed by atoms with E-state index in [1.54, 1.807) is 16.9 Å². The first kappa shape index (κ1) is 12.9. The predicted molar refractivity (Wildman–Crippen MR) is 64.6 cm³/mol. The van der Waals surface area contributed by atoms with Crippen molar-refractivity contribution < 1.29 is 4.79 Å². The molecule has 1 aromatic heterocycles. The van der Waals surface area contributed by atoms with Crippen LogP contribution in [0.2, 0.25) is 0 Å². The molecule has 0 N–H and O–H groups in total. The SMILES string of the molecule is CCn1nccc1C(=O)C(C)(CC)N(C)C. The minimum atomic E-state index is -0.451. The average molecular weight is 223 g/mol. The van der Waals surface area contributed by atoms with Crippen LogP contribution in [0.1, 0.15) is 37.7 Å². The van der Waals surface area contributed by atoms with Gasteiger partial charge in [-0.15, -0.1) is 0 Å². The van der Waals surface area contributed by atoms with E-state index in [1.165, 1.54) is 0 Å². The Hall–Kier alpha value is -1.16. The van der Waals surface area contributed by atoms with Crippen LogP contribution in [0.25, 0.3) is 0 Å². The summed E-state index contributed by atoms with van der Waals surface area (Å²) in [5.74, 6) is 0.138. The summed E-state index contributed by atoms with van der Waals surface area (Å²) in [7, 11) is 3.88. The molecule has 1 rings (SSSR count). The molecule has 1 atom stereocenters. The second-order valence-corrected chi connectivity index (χ2v) is 4.38. The Bertz CT molecular complexity index is 370. The number of carbonyl (C=O) groups is 1. The molecule has 1 heterocycles. The predicted octanol–water partition coefficient (Wildman–Crippen LogP) is 1.82. The third-order valence-corrected chi connectivity index (χ3v) is 3.41. The third-order valence-electron chi connectivity index (χ3n) is 3.41. The second kappa shape index (κ2) is 4.78. The van der Waals surface area contributed by atoms with Crippen LogP contribution in [-0.2, 0) is 6.54 Å². The molecular weight excluding hydrogens is 202 g/mol. The standard InChI is InChI=1S/C12H21N3O/c1-6-12(3,14(4)5)11(16)10-8-9-13-15(10)7-2/h8-9H,6-7H2,1-5H3. The van der Waals surface area contributed by atoms with Gasteiger partial charge in [0.25, 0.3) is 0 Å². The zero-order chi connectivity index (χ0) is 12.3. The number of carbonyl (C=O) groups excluding carboxylic acids is 1. The number of rotatable bonds is 5. The van der Waals surface area contributed by atoms with Gasteiger partial charge < -0.3 is 0 Å². The lowest BCUT2D eigenvalue weighted by Crippen LogP contribution is -2.48. The van der Waals surface area contributed by atoms with Gasteiger partial charge in [-0.25, -0.2) is 0 Å². The highest BCUT2D eigenvalue weighted by Crippen LogP contribution is 2.22. The molecule has 0 aromatic carbocycles. The van der Waals surface area contributed by atoms with Crippen molar-refractivity contribution in [2.24, 2.45) is 0 Å². The van der Waals surface area contributed by atoms with E-state index in [1.807, 2.05) is 39.8 Å². The fraction of sp³-hybridized carbons (Fsp3) is 0.667. The van der Waals surface area contributed by atoms with E-state index in [-0.39, 0.29) is 5.78 Å². The highest BCUT2D eigenvalue weighted by atomic mass is 16.1. The average Bonchev–Trinajstić information content (AvgIpc) is 2.74. The summed E-state index contributed by atoms with van der Waals surface area (Å²) in [5.41, 5.74) is 0.244. The molecule has 0 aliphatic heterocycles. The van der Waals surface area contributed by atoms with E-state index in [9.17, 15) is 4.79 Å². The largest absolute Gasteiger partial charge is 0.297 e. The fourth-order valence-electron chi connectivity index (χ4n) is 1.73. The molecule has 4 nitrogen and oxygen atoms in total. The molecule has 0 radical (unpaired) electrons. The Morgan fingerprint density at radius 2 is 2.12 bits per heavy atom. The van der Waals surface area contributed by atoms with Gasteiger partial charge in [0.05, 0.1) is 5.54 Å². The minimum absolute atomic E-state index is 0.138. The molecule has 1 aromatic rings. The zero-order valence-corrected chi connectivity index (χ0v) is 10.8. The lowest BCUT2D eigenvalue weighted by Gasteiger charge is -2.33. The topological polar surface area (TPSA) is 38.1 Å². The van der Waals surface area contributed by atoms with Crippen molar-refractivity contribution >= 4 is 5.78 Å². The molecule has 0 saturated carbocycles. The summed E-state index contributed by atoms with van der Waals surface area (Å²) in [4.78, 5) is 14.5. The number of ketones is 1. The minimum Gasteiger partial charge on any atom is -0.297 e. The van der Waals surface area contributed by atoms with E-state index in [2.05, 4.69) is 5.10 Å². The van der Waals surface area contributed by atoms with Gasteiger partial charge in [-0.2, -0.15) is 5.10 Å². The van der Waals surface area contributed by atoms with Crippen LogP contribution in [0.3, 0.4) is 0 Å². The van der Waals surface area contributed by atoms with Crippen molar-refractivity contribution in [3.05, 3.63) is 18.0 Å². The molecule has 0 fully saturated rings. The maximum Gasteiger partial charge on any atom is 0.200 e. The summed E-state index contributed by atoms with van der Waals surface area (Å²) < 4.78 is 1.75. The van der Waals surface area contributed by atoms with Crippen molar-refractivity contribution in [1.82, 2.24) is 14.7 Å². The number of hydrogen-bond acceptors (Lipinski definition) is 3. The van der Waals surface area contributed by atoms with Crippen LogP contribution >= 0.6 is 0 Å². The van der Waals surface area contributed by atoms with E-state index in [4.69, 9.17) is 0 Å². The lowest BCUT2D eigenvalue weighted by atomic mass is 9.90. The summed E-state index contributed by atoms with van der Waals surface area (Å²) in [6, 6.07) is 1.79. The van der Waals surface area contributed by atoms with Crippen molar-refractivity contribution in [3.63, 3.8) is 0 Å². The highest BCUT2D eigenvalue weighted by Gasteiger charge is 2.35. The van der Waals surface area contributed by atoms with Crippen molar-refractivity contribution in [2.45, 2.75) is 39.3 Å². The monoisotopic (exact) mass is 223 g/mol. The number of hydrogen-bond donors (Lipinski definition) is 0. The van der Waals surface area contributed by atoms with Gasteiger partial charge in [0.15, 0.2) is 0 Å². The van der Waals surface area contributed by atoms with E-state index in [0.29, 0.717) is 5.69 Å². The van der Waals surface area contributed by atoms with Gasteiger partial charge in [-0.05, 0) is 40.4 Å². The molecule has 0 amide bonds. The zero-order valence-electron chi connectivity index (χ0n) is 10.8. The van der Waals surface area contributed by atoms with E-state index in [0.717, 1.165) is 13.0 Å². The summed E-state index contributed by atoms with van der Waals surface area (Å²) in [6.07, 6.45) is 2.47. The first-order chi connectivity index (χ1) is 7.47. The highest BCUT2D eigenvalue weighted by molar-refractivity contribution is 6.01. The Balaban J connectivity index is 3.10. The first-order valence-electron chi connectivity index (χ1n) is 5.71. The Morgan fingerprint density at radius 3 is 2.56 bits per heavy atom. The first-order valence-corrected chi connectivity index (χ1v) is 5.71. The summed E-state index contributed by atoms with van der Waals surface area (Å²) in [6.45, 7) is 6.72. The maximum absolute atomic E-state index is 12.5. The maximum atomic E-state index is 12.5. The number of likely N-dealkylation sites (N-methyl/N-ethyl adjacent to an activating group) is 1. The second-order valence-electron chi connectivity index (χ2n) is 4.38. The quantitative estimate of drug-likeness (QED) is 0.715. The van der Waals surface area contributed by atoms with Crippen LogP contribution in [-0.4, -0.2) is 40.1 Å². The number of aromatic nitrogens is 2. The fourth-order valence-corrected chi connectivity index (χ4v) is 1.73. The summed E-state index contributed by atoms with van der Waals surface area (Å²) in [5, 5.41) is 4.14. The van der Waals surface area contributed by atoms with Gasteiger partial charge >= 0.3 is 0 Å². The van der Waals surface area contributed by atoms with Gasteiger partial charge in [0.1, 0.15) is 5.69 Å². The van der Waals surface area contributed by atoms with Crippen LogP contribution < -0.4 is 0 Å². The molecule has 1 unspecified atom stereocenters. The van der Waals surface area contributed by atoms with Crippen molar-refractivity contribution in [3.8, 4) is 0 Å². The smallest absolute Gasteiger partial charge is 0.200 e. The lowest BCUT2D eigenvalue weighted by molar-refractivity contribution is 0.0698. The molecule has 0 aliphatic carbocycles. The molecule has 90 valence electrons. The van der Waals surface area contributed by atoms with Crippen molar-refractivity contribution in [2.75, 3.05) is 14.1 Å². The molecule has 4 heteroatoms. The van der Waals surface area contributed by atoms with Gasteiger partial charge in [-0.1, -0.05) is 6.92 Å². The van der Waals surface area contributed by atoms with Gasteiger partial charge in [-0.3, -0.25) is 14.4 Å². The van der Waals surface area contributed by atoms with Crippen LogP contribution in [0, 0.1) is 0 Å². The normalized spacial score (nSPS) is 15.1. The van der Waals surface area contributed by atoms with Gasteiger partial charge in [0.2, 0.25) is 5.78 Å². The Labute approximate surface area is 97.2 Å².